The molecule has 0 spiro atoms. The molecule has 1 atom stereocenters. The van der Waals surface area contributed by atoms with Crippen LogP contribution in [0.15, 0.2) is 70.0 Å². The summed E-state index contributed by atoms with van der Waals surface area (Å²) in [6.45, 7) is 0.386. The smallest absolute Gasteiger partial charge is 0.234 e. The lowest BCUT2D eigenvalue weighted by Crippen LogP contribution is -2.31. The molecule has 4 aromatic rings. The Hall–Kier alpha value is -2.57. The number of nitrogens with one attached hydrogen (secondary N) is 1. The number of furan rings is 1. The normalized spacial score (nSPS) is 15.8. The van der Waals surface area contributed by atoms with E-state index >= 15 is 0 Å². The van der Waals surface area contributed by atoms with Crippen molar-refractivity contribution in [2.45, 2.75) is 23.1 Å². The van der Waals surface area contributed by atoms with Crippen molar-refractivity contribution in [3.8, 4) is 10.8 Å². The zero-order chi connectivity index (χ0) is 18.2. The highest BCUT2D eigenvalue weighted by molar-refractivity contribution is 8.01. The molecule has 4 nitrogen and oxygen atoms in total. The molecule has 1 amide bonds. The van der Waals surface area contributed by atoms with Crippen LogP contribution in [-0.4, -0.2) is 16.1 Å². The Labute approximate surface area is 164 Å². The highest BCUT2D eigenvalue weighted by Gasteiger charge is 2.27. The number of thiazole rings is 1. The van der Waals surface area contributed by atoms with E-state index in [0.717, 1.165) is 33.2 Å². The molecule has 0 saturated heterocycles. The lowest BCUT2D eigenvalue weighted by atomic mass is 10.1. The number of aromatic nitrogens is 1. The van der Waals surface area contributed by atoms with Crippen molar-refractivity contribution in [3.63, 3.8) is 0 Å². The highest BCUT2D eigenvalue weighted by Crippen LogP contribution is 2.37. The molecule has 2 aromatic carbocycles. The van der Waals surface area contributed by atoms with E-state index < -0.39 is 0 Å². The predicted molar refractivity (Wildman–Crippen MR) is 109 cm³/mol. The fourth-order valence-corrected chi connectivity index (χ4v) is 5.33. The van der Waals surface area contributed by atoms with Crippen molar-refractivity contribution in [1.29, 1.82) is 0 Å². The van der Waals surface area contributed by atoms with E-state index in [2.05, 4.69) is 28.5 Å². The number of rotatable bonds is 4. The van der Waals surface area contributed by atoms with Crippen LogP contribution in [0.25, 0.3) is 21.0 Å². The van der Waals surface area contributed by atoms with Crippen LogP contribution < -0.4 is 5.32 Å². The van der Waals surface area contributed by atoms with Gasteiger partial charge >= 0.3 is 0 Å². The summed E-state index contributed by atoms with van der Waals surface area (Å²) in [6.07, 6.45) is 0.780. The van der Waals surface area contributed by atoms with E-state index in [9.17, 15) is 4.79 Å². The SMILES string of the molecule is O=C(NCc1ccc(-c2nc3ccccc3s2)o1)[C@H]1Cc2ccccc2S1. The largest absolute Gasteiger partial charge is 0.457 e. The van der Waals surface area contributed by atoms with Crippen LogP contribution in [0.5, 0.6) is 0 Å². The van der Waals surface area contributed by atoms with Gasteiger partial charge in [-0.3, -0.25) is 4.79 Å². The van der Waals surface area contributed by atoms with Gasteiger partial charge in [0.15, 0.2) is 10.8 Å². The summed E-state index contributed by atoms with van der Waals surface area (Å²) >= 11 is 3.24. The molecule has 1 N–H and O–H groups in total. The first kappa shape index (κ1) is 16.6. The Bertz CT molecular complexity index is 1070. The van der Waals surface area contributed by atoms with Crippen molar-refractivity contribution in [1.82, 2.24) is 10.3 Å². The van der Waals surface area contributed by atoms with Crippen molar-refractivity contribution in [3.05, 3.63) is 72.0 Å². The van der Waals surface area contributed by atoms with E-state index in [1.807, 2.05) is 42.5 Å². The number of hydrogen-bond acceptors (Lipinski definition) is 5. The van der Waals surface area contributed by atoms with E-state index in [-0.39, 0.29) is 11.2 Å². The van der Waals surface area contributed by atoms with Crippen LogP contribution in [0, 0.1) is 0 Å². The average molecular weight is 393 g/mol. The first-order valence-electron chi connectivity index (χ1n) is 8.73. The van der Waals surface area contributed by atoms with Crippen LogP contribution in [-0.2, 0) is 17.8 Å². The lowest BCUT2D eigenvalue weighted by Gasteiger charge is -2.08. The molecule has 0 bridgehead atoms. The fourth-order valence-electron chi connectivity index (χ4n) is 3.18. The number of hydrogen-bond donors (Lipinski definition) is 1. The van der Waals surface area contributed by atoms with Crippen LogP contribution >= 0.6 is 23.1 Å². The number of carbonyl (C=O) groups is 1. The molecular formula is C21H16N2O2S2. The number of thioether (sulfide) groups is 1. The van der Waals surface area contributed by atoms with E-state index in [0.29, 0.717) is 6.54 Å². The van der Waals surface area contributed by atoms with Gasteiger partial charge in [0.2, 0.25) is 5.91 Å². The summed E-state index contributed by atoms with van der Waals surface area (Å²) in [4.78, 5) is 18.3. The van der Waals surface area contributed by atoms with Gasteiger partial charge in [-0.25, -0.2) is 4.98 Å². The molecule has 0 fully saturated rings. The van der Waals surface area contributed by atoms with E-state index in [4.69, 9.17) is 4.42 Å². The van der Waals surface area contributed by atoms with Gasteiger partial charge < -0.3 is 9.73 Å². The van der Waals surface area contributed by atoms with Crippen molar-refractivity contribution in [2.75, 3.05) is 0 Å². The summed E-state index contributed by atoms with van der Waals surface area (Å²) in [5.74, 6) is 1.52. The lowest BCUT2D eigenvalue weighted by molar-refractivity contribution is -0.120. The number of fused-ring (bicyclic) bond motifs is 2. The average Bonchev–Trinajstić information content (AvgIpc) is 3.42. The minimum Gasteiger partial charge on any atom is -0.457 e. The van der Waals surface area contributed by atoms with Crippen molar-refractivity contribution >= 4 is 39.2 Å². The van der Waals surface area contributed by atoms with Crippen LogP contribution in [0.2, 0.25) is 0 Å². The third kappa shape index (κ3) is 3.26. The van der Waals surface area contributed by atoms with E-state index in [1.165, 1.54) is 10.5 Å². The molecule has 0 radical (unpaired) electrons. The molecule has 0 unspecified atom stereocenters. The molecule has 134 valence electrons. The minimum absolute atomic E-state index is 0.0501. The number of para-hydroxylation sites is 1. The van der Waals surface area contributed by atoms with Gasteiger partial charge in [-0.05, 0) is 42.3 Å². The fraction of sp³-hybridized carbons (Fsp3) is 0.143. The summed E-state index contributed by atoms with van der Waals surface area (Å²) in [5.41, 5.74) is 2.22. The van der Waals surface area contributed by atoms with Gasteiger partial charge in [0.25, 0.3) is 0 Å². The minimum atomic E-state index is -0.0684. The highest BCUT2D eigenvalue weighted by atomic mass is 32.2. The molecular weight excluding hydrogens is 376 g/mol. The van der Waals surface area contributed by atoms with Gasteiger partial charge in [0, 0.05) is 4.90 Å². The monoisotopic (exact) mass is 392 g/mol. The van der Waals surface area contributed by atoms with Gasteiger partial charge in [-0.2, -0.15) is 0 Å². The Morgan fingerprint density at radius 3 is 2.85 bits per heavy atom. The molecule has 1 aliphatic heterocycles. The summed E-state index contributed by atoms with van der Waals surface area (Å²) in [7, 11) is 0. The third-order valence-corrected chi connectivity index (χ3v) is 6.91. The molecule has 0 saturated carbocycles. The van der Waals surface area contributed by atoms with E-state index in [1.54, 1.807) is 23.1 Å². The van der Waals surface area contributed by atoms with Crippen molar-refractivity contribution in [2.24, 2.45) is 0 Å². The summed E-state index contributed by atoms with van der Waals surface area (Å²) in [6, 6.07) is 20.0. The molecule has 1 aliphatic rings. The van der Waals surface area contributed by atoms with Gasteiger partial charge in [-0.15, -0.1) is 23.1 Å². The third-order valence-electron chi connectivity index (χ3n) is 4.54. The number of amides is 1. The second-order valence-corrected chi connectivity index (χ2v) is 8.66. The Kier molecular flexibility index (Phi) is 4.22. The summed E-state index contributed by atoms with van der Waals surface area (Å²) < 4.78 is 7.04. The number of carbonyl (C=O) groups excluding carboxylic acids is 1. The zero-order valence-electron chi connectivity index (χ0n) is 14.3. The maximum Gasteiger partial charge on any atom is 0.234 e. The van der Waals surface area contributed by atoms with Crippen LogP contribution in [0.1, 0.15) is 11.3 Å². The second-order valence-electron chi connectivity index (χ2n) is 6.39. The van der Waals surface area contributed by atoms with Crippen LogP contribution in [0.4, 0.5) is 0 Å². The Morgan fingerprint density at radius 2 is 1.96 bits per heavy atom. The quantitative estimate of drug-likeness (QED) is 0.537. The standard InChI is InChI=1S/C21H16N2O2S2/c24-20(19-11-13-5-1-3-7-17(13)26-19)22-12-14-9-10-16(25-14)21-23-15-6-2-4-8-18(15)27-21/h1-10,19H,11-12H2,(H,22,24)/t19-/m1/s1. The molecule has 0 aliphatic carbocycles. The van der Waals surface area contributed by atoms with Gasteiger partial charge in [-0.1, -0.05) is 30.3 Å². The maximum absolute atomic E-state index is 12.5. The molecule has 5 rings (SSSR count). The molecule has 27 heavy (non-hydrogen) atoms. The summed E-state index contributed by atoms with van der Waals surface area (Å²) in [5, 5.41) is 3.79. The Balaban J connectivity index is 1.24. The van der Waals surface area contributed by atoms with Crippen molar-refractivity contribution < 1.29 is 9.21 Å². The predicted octanol–water partition coefficient (Wildman–Crippen LogP) is 4.89. The number of nitrogens with zero attached hydrogens (tertiary/aromatic N) is 1. The first-order valence-corrected chi connectivity index (χ1v) is 10.4. The first-order chi connectivity index (χ1) is 13.3. The maximum atomic E-state index is 12.5. The topological polar surface area (TPSA) is 55.1 Å². The Morgan fingerprint density at radius 1 is 1.11 bits per heavy atom. The zero-order valence-corrected chi connectivity index (χ0v) is 16.0. The molecule has 3 heterocycles. The van der Waals surface area contributed by atoms with Gasteiger partial charge in [0.1, 0.15) is 5.76 Å². The number of benzene rings is 2. The van der Waals surface area contributed by atoms with Crippen LogP contribution in [0.3, 0.4) is 0 Å². The second kappa shape index (κ2) is 6.87. The molecule has 6 heteroatoms. The van der Waals surface area contributed by atoms with Gasteiger partial charge in [0.05, 0.1) is 22.0 Å². The molecule has 2 aromatic heterocycles.